The molecular weight excluding hydrogens is 947 g/mol. The van der Waals surface area contributed by atoms with Crippen molar-refractivity contribution in [3.63, 3.8) is 0 Å². The molecule has 1 unspecified atom stereocenters. The van der Waals surface area contributed by atoms with Gasteiger partial charge in [0.2, 0.25) is 0 Å². The normalized spacial score (nSPS) is 42.2. The number of carbonyl (C=O) groups excluding carboxylic acids is 2. The Labute approximate surface area is 421 Å². The fourth-order valence-electron chi connectivity index (χ4n) is 8.28. The van der Waals surface area contributed by atoms with Crippen LogP contribution in [0.4, 0.5) is 4.79 Å². The number of hydroxylamine groups is 1. The van der Waals surface area contributed by atoms with E-state index in [9.17, 15) is 70.9 Å². The zero-order valence-electron chi connectivity index (χ0n) is 41.4. The third-order valence-electron chi connectivity index (χ3n) is 12.8. The number of amides is 2. The quantitative estimate of drug-likeness (QED) is 0.107. The summed E-state index contributed by atoms with van der Waals surface area (Å²) >= 11 is 0. The monoisotopic (exact) mass is 1030 g/mol. The zero-order chi connectivity index (χ0) is 53.5. The number of aliphatic hydroxyl groups excluding tert-OH is 11. The summed E-state index contributed by atoms with van der Waals surface area (Å²) in [5.41, 5.74) is 8.10. The van der Waals surface area contributed by atoms with Gasteiger partial charge in [-0.1, -0.05) is 98.9 Å². The largest absolute Gasteiger partial charge is 0.462 e. The van der Waals surface area contributed by atoms with E-state index in [1.807, 2.05) is 18.5 Å². The lowest BCUT2D eigenvalue weighted by atomic mass is 9.87. The molecule has 22 heteroatoms. The molecule has 0 spiro atoms. The number of carbonyl (C=O) groups is 2. The van der Waals surface area contributed by atoms with Gasteiger partial charge in [0.1, 0.15) is 18.3 Å². The number of esters is 1. The number of nitrogens with one attached hydrogen (secondary N) is 2. The zero-order valence-corrected chi connectivity index (χ0v) is 41.4. The van der Waals surface area contributed by atoms with Crippen LogP contribution in [0.25, 0.3) is 0 Å². The lowest BCUT2D eigenvalue weighted by Gasteiger charge is -2.46. The van der Waals surface area contributed by atoms with Gasteiger partial charge >= 0.3 is 12.0 Å². The lowest BCUT2D eigenvalue weighted by molar-refractivity contribution is -0.303. The topological polar surface area (TPSA) is 373 Å². The predicted octanol–water partition coefficient (Wildman–Crippen LogP) is -1.04. The number of nitrogens with two attached hydrogens (primary N) is 1. The third kappa shape index (κ3) is 21.6. The Balaban J connectivity index is 1.94. The van der Waals surface area contributed by atoms with Crippen LogP contribution in [-0.2, 0) is 28.6 Å². The van der Waals surface area contributed by atoms with Gasteiger partial charge in [0.25, 0.3) is 0 Å². The standard InChI is InChI=1S/C50H81N3O19/c1-29-17-15-13-11-9-7-5-6-8-10-12-14-16-18-36(70-48-47(65)43(51)46(64)32(4)69-48)24-41-44(52-49(66)53-72-37(27-54)28-55)40(61)26-50(67,71-41)25-35(58)22-39(60)38(59)20-19-33(56)21-34(57)23-42(62)68-31(3)30(2)45(29)63/h5-18,29-41,43-48,54-61,63-65,67H,19-28,51H2,1-4H3,(H2,52,53,66)/b6-5+,9-7+,10-8+,13-11+,14-12+,17-15+,18-16+/t29-,30-,31?,32+,33+,34+,35-,36-,38+,39+,40-,41-,43-,44+,45+,46+,47-,48-,50+/m0/s1. The smallest absolute Gasteiger partial charge is 0.339 e. The van der Waals surface area contributed by atoms with Crippen molar-refractivity contribution in [3.05, 3.63) is 85.1 Å². The highest BCUT2D eigenvalue weighted by molar-refractivity contribution is 5.73. The molecule has 0 saturated carbocycles. The maximum atomic E-state index is 13.0. The van der Waals surface area contributed by atoms with E-state index in [0.717, 1.165) is 0 Å². The van der Waals surface area contributed by atoms with E-state index in [2.05, 4.69) is 5.32 Å². The lowest BCUT2D eigenvalue weighted by Crippen LogP contribution is -2.64. The molecule has 410 valence electrons. The number of urea groups is 1. The second kappa shape index (κ2) is 31.9. The van der Waals surface area contributed by atoms with Gasteiger partial charge in [-0.05, 0) is 33.1 Å². The molecule has 16 N–H and O–H groups in total. The fourth-order valence-corrected chi connectivity index (χ4v) is 8.28. The van der Waals surface area contributed by atoms with E-state index in [1.54, 1.807) is 86.8 Å². The van der Waals surface area contributed by atoms with Crippen LogP contribution in [0.1, 0.15) is 79.1 Å². The number of fused-ring (bicyclic) bond motifs is 2. The minimum atomic E-state index is -2.34. The first-order chi connectivity index (χ1) is 34.1. The molecule has 0 aromatic carbocycles. The summed E-state index contributed by atoms with van der Waals surface area (Å²) in [7, 11) is 0. The molecule has 3 heterocycles. The van der Waals surface area contributed by atoms with Gasteiger partial charge in [-0.15, -0.1) is 0 Å². The summed E-state index contributed by atoms with van der Waals surface area (Å²) in [5.74, 6) is -3.84. The third-order valence-corrected chi connectivity index (χ3v) is 12.8. The Kier molecular flexibility index (Phi) is 27.7. The van der Waals surface area contributed by atoms with Crippen molar-refractivity contribution in [1.29, 1.82) is 0 Å². The first kappa shape index (κ1) is 62.5. The predicted molar refractivity (Wildman–Crippen MR) is 260 cm³/mol. The van der Waals surface area contributed by atoms with Crippen LogP contribution in [0.2, 0.25) is 0 Å². The van der Waals surface area contributed by atoms with Gasteiger partial charge in [-0.25, -0.2) is 10.3 Å². The van der Waals surface area contributed by atoms with Crippen molar-refractivity contribution in [1.82, 2.24) is 10.8 Å². The van der Waals surface area contributed by atoms with Gasteiger partial charge in [-0.2, -0.15) is 0 Å². The molecule has 0 aliphatic carbocycles. The number of hydrogen-bond donors (Lipinski definition) is 15. The first-order valence-corrected chi connectivity index (χ1v) is 24.5. The van der Waals surface area contributed by atoms with E-state index < -0.39 is 166 Å². The Bertz CT molecular complexity index is 1810. The Morgan fingerprint density at radius 2 is 1.29 bits per heavy atom. The first-order valence-electron chi connectivity index (χ1n) is 24.5. The summed E-state index contributed by atoms with van der Waals surface area (Å²) in [5, 5.41) is 131. The molecule has 0 radical (unpaired) electrons. The van der Waals surface area contributed by atoms with Crippen LogP contribution in [0.3, 0.4) is 0 Å². The molecule has 72 heavy (non-hydrogen) atoms. The van der Waals surface area contributed by atoms with E-state index >= 15 is 0 Å². The van der Waals surface area contributed by atoms with Crippen molar-refractivity contribution in [2.75, 3.05) is 13.2 Å². The van der Waals surface area contributed by atoms with Crippen molar-refractivity contribution in [2.45, 2.75) is 189 Å². The average Bonchev–Trinajstić information content (AvgIpc) is 3.31. The summed E-state index contributed by atoms with van der Waals surface area (Å²) in [6.45, 7) is 5.43. The molecule has 3 rings (SSSR count). The second-order valence-corrected chi connectivity index (χ2v) is 18.9. The Hall–Kier alpha value is -3.76. The molecule has 3 aliphatic rings. The molecule has 0 aromatic rings. The molecule has 3 aliphatic heterocycles. The number of hydrogen-bond acceptors (Lipinski definition) is 20. The number of allylic oxidation sites excluding steroid dienone is 12. The maximum Gasteiger partial charge on any atom is 0.339 e. The molecule has 0 aromatic heterocycles. The Morgan fingerprint density at radius 1 is 0.708 bits per heavy atom. The second-order valence-electron chi connectivity index (χ2n) is 18.9. The van der Waals surface area contributed by atoms with Gasteiger partial charge in [-0.3, -0.25) is 9.63 Å². The van der Waals surface area contributed by atoms with Gasteiger partial charge < -0.3 is 91.3 Å². The molecule has 22 nitrogen and oxygen atoms in total. The van der Waals surface area contributed by atoms with Gasteiger partial charge in [0, 0.05) is 37.5 Å². The van der Waals surface area contributed by atoms with Gasteiger partial charge in [0.05, 0.1) is 98.9 Å². The molecular formula is C50H81N3O19. The van der Waals surface area contributed by atoms with Crippen LogP contribution < -0.4 is 16.5 Å². The summed E-state index contributed by atoms with van der Waals surface area (Å²) in [4.78, 5) is 30.7. The van der Waals surface area contributed by atoms with Crippen LogP contribution in [0.5, 0.6) is 0 Å². The SMILES string of the molecule is CC1OC(=O)C[C@H](O)C[C@H](O)CC[C@@H](O)[C@H](O)C[C@H](O)C[C@]2(O)C[C@H](O)[C@@H](NC(=O)NOC(CO)CO)[C@H](C[C@@H](O[C@@H]3O[C@H](C)[C@@H](O)[C@H](N)[C@@H]3O)/C=C/C=C/C=C/C=C/C=C/C=C/C=C/[C@H](C)[C@@H](O)[C@H]1C)O2. The summed E-state index contributed by atoms with van der Waals surface area (Å²) in [6.07, 6.45) is 2.16. The molecule has 2 fully saturated rings. The Morgan fingerprint density at radius 3 is 1.89 bits per heavy atom. The van der Waals surface area contributed by atoms with Crippen molar-refractivity contribution < 1.29 is 94.7 Å². The number of cyclic esters (lactones) is 1. The minimum Gasteiger partial charge on any atom is -0.462 e. The highest BCUT2D eigenvalue weighted by atomic mass is 16.7. The van der Waals surface area contributed by atoms with Crippen molar-refractivity contribution >= 4 is 12.0 Å². The van der Waals surface area contributed by atoms with Crippen LogP contribution in [0.15, 0.2) is 85.1 Å². The number of rotatable bonds is 7. The molecule has 19 atom stereocenters. The summed E-state index contributed by atoms with van der Waals surface area (Å²) in [6, 6.07) is -3.57. The van der Waals surface area contributed by atoms with Crippen molar-refractivity contribution in [2.24, 2.45) is 17.6 Å². The highest BCUT2D eigenvalue weighted by Crippen LogP contribution is 2.35. The summed E-state index contributed by atoms with van der Waals surface area (Å²) < 4.78 is 23.6. The van der Waals surface area contributed by atoms with E-state index in [1.165, 1.54) is 13.0 Å². The maximum absolute atomic E-state index is 13.0. The van der Waals surface area contributed by atoms with E-state index in [-0.39, 0.29) is 31.6 Å². The van der Waals surface area contributed by atoms with Crippen molar-refractivity contribution in [3.8, 4) is 0 Å². The fraction of sp³-hybridized carbons (Fsp3) is 0.680. The number of aliphatic hydroxyl groups is 12. The minimum absolute atomic E-state index is 0.124. The van der Waals surface area contributed by atoms with Crippen LogP contribution >= 0.6 is 0 Å². The van der Waals surface area contributed by atoms with E-state index in [0.29, 0.717) is 0 Å². The highest BCUT2D eigenvalue weighted by Gasteiger charge is 2.49. The van der Waals surface area contributed by atoms with E-state index in [4.69, 9.17) is 29.5 Å². The molecule has 2 amide bonds. The van der Waals surface area contributed by atoms with Gasteiger partial charge in [0.15, 0.2) is 12.1 Å². The molecule has 2 bridgehead atoms. The van der Waals surface area contributed by atoms with Crippen LogP contribution in [0, 0.1) is 11.8 Å². The number of ether oxygens (including phenoxy) is 4. The molecule has 2 saturated heterocycles. The van der Waals surface area contributed by atoms with Crippen LogP contribution in [-0.4, -0.2) is 196 Å². The average molecular weight is 1030 g/mol.